The zero-order valence-electron chi connectivity index (χ0n) is 30.2. The number of hydrogen-bond acceptors (Lipinski definition) is 2. The van der Waals surface area contributed by atoms with Crippen LogP contribution in [0.15, 0.2) is 206 Å². The van der Waals surface area contributed by atoms with Crippen molar-refractivity contribution in [3.05, 3.63) is 217 Å². The van der Waals surface area contributed by atoms with Crippen LogP contribution in [0.4, 0.5) is 34.1 Å². The first-order chi connectivity index (χ1) is 26.0. The van der Waals surface area contributed by atoms with Crippen molar-refractivity contribution in [2.45, 2.75) is 13.1 Å². The van der Waals surface area contributed by atoms with E-state index in [1.54, 1.807) is 0 Å². The molecule has 3 heteroatoms. The van der Waals surface area contributed by atoms with E-state index in [-0.39, 0.29) is 0 Å². The maximum Gasteiger partial charge on any atom is 0.0954 e. The third-order valence-corrected chi connectivity index (χ3v) is 11.7. The van der Waals surface area contributed by atoms with Gasteiger partial charge in [0, 0.05) is 34.1 Å². The van der Waals surface area contributed by atoms with Crippen molar-refractivity contribution in [1.29, 1.82) is 0 Å². The van der Waals surface area contributed by atoms with Gasteiger partial charge in [0.05, 0.1) is 8.07 Å². The molecule has 8 aromatic rings. The summed E-state index contributed by atoms with van der Waals surface area (Å²) in [5.74, 6) is 0. The molecule has 8 aromatic carbocycles. The minimum absolute atomic E-state index is 1.14. The van der Waals surface area contributed by atoms with Crippen LogP contribution in [0.3, 0.4) is 0 Å². The highest BCUT2D eigenvalue weighted by Gasteiger charge is 2.15. The Bertz CT molecular complexity index is 2270. The van der Waals surface area contributed by atoms with Crippen LogP contribution >= 0.6 is 0 Å². The molecule has 0 aliphatic carbocycles. The first-order valence-corrected chi connectivity index (χ1v) is 21.4. The van der Waals surface area contributed by atoms with Gasteiger partial charge in [-0.15, -0.1) is 0 Å². The number of para-hydroxylation sites is 4. The molecule has 2 nitrogen and oxygen atoms in total. The lowest BCUT2D eigenvalue weighted by Gasteiger charge is -2.25. The van der Waals surface area contributed by atoms with Gasteiger partial charge in [0.1, 0.15) is 0 Å². The molecule has 256 valence electrons. The number of rotatable bonds is 10. The first kappa shape index (κ1) is 33.7. The molecule has 0 amide bonds. The van der Waals surface area contributed by atoms with Crippen molar-refractivity contribution in [2.75, 3.05) is 9.80 Å². The summed E-state index contributed by atoms with van der Waals surface area (Å²) in [6.07, 6.45) is 4.61. The lowest BCUT2D eigenvalue weighted by Crippen LogP contribution is -2.18. The summed E-state index contributed by atoms with van der Waals surface area (Å²) >= 11 is 0. The van der Waals surface area contributed by atoms with E-state index in [1.165, 1.54) is 32.7 Å². The number of benzene rings is 8. The molecular weight excluding hydrogens is 657 g/mol. The molecule has 0 unspecified atom stereocenters. The highest BCUT2D eigenvalue weighted by Crippen LogP contribution is 2.37. The van der Waals surface area contributed by atoms with Crippen molar-refractivity contribution in [1.82, 2.24) is 0 Å². The Hall–Kier alpha value is -6.42. The van der Waals surface area contributed by atoms with Gasteiger partial charge in [-0.3, -0.25) is 0 Å². The maximum absolute atomic E-state index is 2.43. The van der Waals surface area contributed by atoms with Gasteiger partial charge in [-0.25, -0.2) is 0 Å². The Kier molecular flexibility index (Phi) is 9.57. The third kappa shape index (κ3) is 7.76. The van der Waals surface area contributed by atoms with Gasteiger partial charge in [-0.05, 0) is 118 Å². The Labute approximate surface area is 314 Å². The summed E-state index contributed by atoms with van der Waals surface area (Å²) < 4.78 is 0. The molecular formula is C50H42N2Si. The predicted molar refractivity (Wildman–Crippen MR) is 233 cm³/mol. The quantitative estimate of drug-likeness (QED) is 0.131. The van der Waals surface area contributed by atoms with Gasteiger partial charge in [0.15, 0.2) is 0 Å². The summed E-state index contributed by atoms with van der Waals surface area (Å²) in [5.41, 5.74) is 14.2. The van der Waals surface area contributed by atoms with E-state index in [9.17, 15) is 0 Å². The molecule has 0 aromatic heterocycles. The van der Waals surface area contributed by atoms with Crippen molar-refractivity contribution in [3.8, 4) is 0 Å². The number of hydrogen-bond donors (Lipinski definition) is 0. The highest BCUT2D eigenvalue weighted by atomic mass is 28.3. The molecule has 8 rings (SSSR count). The van der Waals surface area contributed by atoms with Crippen LogP contribution in [0.5, 0.6) is 0 Å². The van der Waals surface area contributed by atoms with Gasteiger partial charge in [-0.2, -0.15) is 0 Å². The Morgan fingerprint density at radius 2 is 0.623 bits per heavy atom. The number of anilines is 6. The van der Waals surface area contributed by atoms with Gasteiger partial charge in [0.2, 0.25) is 0 Å². The van der Waals surface area contributed by atoms with E-state index in [0.29, 0.717) is 0 Å². The summed E-state index contributed by atoms with van der Waals surface area (Å²) in [7, 11) is -1.78. The Morgan fingerprint density at radius 1 is 0.321 bits per heavy atom. The van der Waals surface area contributed by atoms with Crippen LogP contribution in [0, 0.1) is 0 Å². The van der Waals surface area contributed by atoms with Gasteiger partial charge < -0.3 is 9.80 Å². The van der Waals surface area contributed by atoms with Crippen molar-refractivity contribution in [3.63, 3.8) is 0 Å². The summed E-state index contributed by atoms with van der Waals surface area (Å²) in [6, 6.07) is 69.3. The van der Waals surface area contributed by atoms with Crippen molar-refractivity contribution in [2.24, 2.45) is 0 Å². The standard InChI is InChI=1S/C50H42N2Si/c1-53(2,33-31-39-23-25-43-37-49(29-27-41(43)35-39)51(45-15-7-3-8-16-45)46-17-9-4-10-18-46)34-32-40-24-26-44-38-50(30-28-42(44)36-40)52(47-19-11-5-12-20-47)48-21-13-6-14-22-48/h3-38H,1-2H3/b33-31+,34-32+. The van der Waals surface area contributed by atoms with Crippen molar-refractivity contribution < 1.29 is 0 Å². The smallest absolute Gasteiger partial charge is 0.0954 e. The van der Waals surface area contributed by atoms with Crippen LogP contribution < -0.4 is 9.80 Å². The SMILES string of the molecule is C[Si](C)(/C=C/c1ccc2cc(N(c3ccccc3)c3ccccc3)ccc2c1)/C=C/c1ccc2cc(N(c3ccccc3)c3ccccc3)ccc2c1. The molecule has 0 fully saturated rings. The second kappa shape index (κ2) is 15.0. The predicted octanol–water partition coefficient (Wildman–Crippen LogP) is 14.4. The van der Waals surface area contributed by atoms with Gasteiger partial charge in [-0.1, -0.05) is 146 Å². The Morgan fingerprint density at radius 3 is 0.962 bits per heavy atom. The zero-order valence-corrected chi connectivity index (χ0v) is 31.2. The van der Waals surface area contributed by atoms with E-state index in [2.05, 4.69) is 241 Å². The third-order valence-electron chi connectivity index (χ3n) is 9.68. The maximum atomic E-state index is 2.43. The fourth-order valence-corrected chi connectivity index (χ4v) is 8.22. The topological polar surface area (TPSA) is 6.48 Å². The molecule has 0 N–H and O–H groups in total. The molecule has 0 aliphatic rings. The normalized spacial score (nSPS) is 11.8. The monoisotopic (exact) mass is 698 g/mol. The van der Waals surface area contributed by atoms with Crippen LogP contribution in [0.25, 0.3) is 33.7 Å². The second-order valence-corrected chi connectivity index (χ2v) is 18.4. The first-order valence-electron chi connectivity index (χ1n) is 18.3. The van der Waals surface area contributed by atoms with E-state index in [1.807, 2.05) is 0 Å². The molecule has 0 atom stereocenters. The van der Waals surface area contributed by atoms with Crippen LogP contribution in [0.2, 0.25) is 13.1 Å². The van der Waals surface area contributed by atoms with Crippen LogP contribution in [-0.4, -0.2) is 8.07 Å². The van der Waals surface area contributed by atoms with E-state index >= 15 is 0 Å². The van der Waals surface area contributed by atoms with Gasteiger partial charge >= 0.3 is 0 Å². The molecule has 0 saturated carbocycles. The highest BCUT2D eigenvalue weighted by molar-refractivity contribution is 6.87. The van der Waals surface area contributed by atoms with E-state index in [4.69, 9.17) is 0 Å². The number of nitrogens with zero attached hydrogens (tertiary/aromatic N) is 2. The minimum Gasteiger partial charge on any atom is -0.310 e. The van der Waals surface area contributed by atoms with Crippen LogP contribution in [0.1, 0.15) is 11.1 Å². The van der Waals surface area contributed by atoms with E-state index in [0.717, 1.165) is 34.1 Å². The molecule has 0 heterocycles. The summed E-state index contributed by atoms with van der Waals surface area (Å²) in [4.78, 5) is 4.62. The van der Waals surface area contributed by atoms with Crippen LogP contribution in [-0.2, 0) is 0 Å². The van der Waals surface area contributed by atoms with Crippen molar-refractivity contribution >= 4 is 75.9 Å². The lowest BCUT2D eigenvalue weighted by molar-refractivity contribution is 1.29. The minimum atomic E-state index is -1.78. The molecule has 0 saturated heterocycles. The summed E-state index contributed by atoms with van der Waals surface area (Å²) in [5, 5.41) is 4.93. The molecule has 0 spiro atoms. The average Bonchev–Trinajstić information content (AvgIpc) is 3.21. The number of fused-ring (bicyclic) bond motifs is 2. The largest absolute Gasteiger partial charge is 0.310 e. The fourth-order valence-electron chi connectivity index (χ4n) is 6.87. The Balaban J connectivity index is 0.995. The molecule has 0 radical (unpaired) electrons. The molecule has 0 aliphatic heterocycles. The molecule has 53 heavy (non-hydrogen) atoms. The van der Waals surface area contributed by atoms with E-state index < -0.39 is 8.07 Å². The van der Waals surface area contributed by atoms with Gasteiger partial charge in [0.25, 0.3) is 0 Å². The molecule has 0 bridgehead atoms. The second-order valence-electron chi connectivity index (χ2n) is 14.1. The lowest BCUT2D eigenvalue weighted by atomic mass is 10.1. The summed E-state index contributed by atoms with van der Waals surface area (Å²) in [6.45, 7) is 4.79. The fraction of sp³-hybridized carbons (Fsp3) is 0.0400. The zero-order chi connectivity index (χ0) is 36.0. The average molecular weight is 699 g/mol.